The van der Waals surface area contributed by atoms with Crippen molar-refractivity contribution < 1.29 is 17.6 Å². The van der Waals surface area contributed by atoms with Crippen LogP contribution < -0.4 is 0 Å². The summed E-state index contributed by atoms with van der Waals surface area (Å²) in [5.41, 5.74) is -0.0746. The predicted molar refractivity (Wildman–Crippen MR) is 60.8 cm³/mol. The molecule has 1 nitrogen and oxygen atoms in total. The normalized spacial score (nSPS) is 25.6. The van der Waals surface area contributed by atoms with Gasteiger partial charge in [-0.1, -0.05) is 18.2 Å². The van der Waals surface area contributed by atoms with Crippen molar-refractivity contribution in [1.82, 2.24) is 4.90 Å². The van der Waals surface area contributed by atoms with Crippen molar-refractivity contribution in [3.8, 4) is 0 Å². The van der Waals surface area contributed by atoms with Crippen molar-refractivity contribution >= 4 is 0 Å². The van der Waals surface area contributed by atoms with E-state index in [0.29, 0.717) is 25.1 Å². The molecule has 0 radical (unpaired) electrons. The number of hydrogen-bond donors (Lipinski definition) is 0. The molecular weight excluding hydrogens is 246 g/mol. The molecule has 5 heteroatoms. The largest absolute Gasteiger partial charge is 0.416 e. The molecule has 1 heterocycles. The minimum atomic E-state index is -4.32. The molecule has 1 aliphatic heterocycles. The second-order valence-corrected chi connectivity index (χ2v) is 4.81. The Morgan fingerprint density at radius 1 is 1.33 bits per heavy atom. The van der Waals surface area contributed by atoms with Gasteiger partial charge in [-0.05, 0) is 25.0 Å². The zero-order chi connectivity index (χ0) is 13.3. The van der Waals surface area contributed by atoms with E-state index in [1.165, 1.54) is 6.07 Å². The van der Waals surface area contributed by atoms with Crippen LogP contribution >= 0.6 is 0 Å². The molecule has 0 aliphatic carbocycles. The van der Waals surface area contributed by atoms with Gasteiger partial charge in [-0.2, -0.15) is 13.2 Å². The van der Waals surface area contributed by atoms with Crippen molar-refractivity contribution in [1.29, 1.82) is 0 Å². The van der Waals surface area contributed by atoms with Crippen LogP contribution in [0.4, 0.5) is 17.6 Å². The fourth-order valence-corrected chi connectivity index (χ4v) is 2.33. The molecule has 0 amide bonds. The van der Waals surface area contributed by atoms with E-state index < -0.39 is 17.9 Å². The summed E-state index contributed by atoms with van der Waals surface area (Å²) in [5, 5.41) is 0. The molecule has 0 spiro atoms. The first-order valence-electron chi connectivity index (χ1n) is 5.90. The predicted octanol–water partition coefficient (Wildman–Crippen LogP) is 3.64. The molecule has 2 unspecified atom stereocenters. The minimum absolute atomic E-state index is 0.0783. The van der Waals surface area contributed by atoms with Gasteiger partial charge >= 0.3 is 6.18 Å². The van der Waals surface area contributed by atoms with Crippen LogP contribution in [0.25, 0.3) is 0 Å². The van der Waals surface area contributed by atoms with E-state index in [1.54, 1.807) is 6.07 Å². The van der Waals surface area contributed by atoms with Gasteiger partial charge in [-0.3, -0.25) is 4.90 Å². The van der Waals surface area contributed by atoms with Crippen molar-refractivity contribution in [3.05, 3.63) is 35.4 Å². The zero-order valence-electron chi connectivity index (χ0n) is 10.0. The lowest BCUT2D eigenvalue weighted by Crippen LogP contribution is -2.26. The Morgan fingerprint density at radius 3 is 2.61 bits per heavy atom. The lowest BCUT2D eigenvalue weighted by Gasteiger charge is -2.21. The van der Waals surface area contributed by atoms with Gasteiger partial charge in [0, 0.05) is 19.1 Å². The SMILES string of the molecule is CC1CC(F)CN1Cc1cccc(C(F)(F)F)c1. The molecule has 100 valence electrons. The molecule has 2 rings (SSSR count). The van der Waals surface area contributed by atoms with Crippen molar-refractivity contribution in [3.63, 3.8) is 0 Å². The number of hydrogen-bond acceptors (Lipinski definition) is 1. The Kier molecular flexibility index (Phi) is 3.61. The van der Waals surface area contributed by atoms with E-state index in [1.807, 2.05) is 11.8 Å². The van der Waals surface area contributed by atoms with Crippen LogP contribution in [0.5, 0.6) is 0 Å². The molecule has 18 heavy (non-hydrogen) atoms. The van der Waals surface area contributed by atoms with Crippen molar-refractivity contribution in [2.45, 2.75) is 38.3 Å². The van der Waals surface area contributed by atoms with E-state index in [-0.39, 0.29) is 6.04 Å². The maximum Gasteiger partial charge on any atom is 0.416 e. The van der Waals surface area contributed by atoms with Gasteiger partial charge in [0.05, 0.1) is 5.56 Å². The number of alkyl halides is 4. The van der Waals surface area contributed by atoms with Crippen LogP contribution in [0, 0.1) is 0 Å². The Labute approximate surface area is 103 Å². The van der Waals surface area contributed by atoms with Gasteiger partial charge in [0.15, 0.2) is 0 Å². The molecule has 1 saturated heterocycles. The summed E-state index contributed by atoms with van der Waals surface area (Å²) in [6.07, 6.45) is -4.74. The number of nitrogens with zero attached hydrogens (tertiary/aromatic N) is 1. The fraction of sp³-hybridized carbons (Fsp3) is 0.538. The number of halogens is 4. The number of benzene rings is 1. The summed E-state index contributed by atoms with van der Waals surface area (Å²) in [6, 6.07) is 5.31. The van der Waals surface area contributed by atoms with Gasteiger partial charge in [0.1, 0.15) is 6.17 Å². The highest BCUT2D eigenvalue weighted by Gasteiger charge is 2.32. The van der Waals surface area contributed by atoms with E-state index >= 15 is 0 Å². The second kappa shape index (κ2) is 4.88. The van der Waals surface area contributed by atoms with Crippen LogP contribution in [-0.4, -0.2) is 23.7 Å². The number of likely N-dealkylation sites (tertiary alicyclic amines) is 1. The highest BCUT2D eigenvalue weighted by atomic mass is 19.4. The highest BCUT2D eigenvalue weighted by molar-refractivity contribution is 5.25. The van der Waals surface area contributed by atoms with E-state index in [2.05, 4.69) is 0 Å². The quantitative estimate of drug-likeness (QED) is 0.735. The van der Waals surface area contributed by atoms with Crippen LogP contribution in [0.2, 0.25) is 0 Å². The van der Waals surface area contributed by atoms with E-state index in [0.717, 1.165) is 12.1 Å². The molecular formula is C13H15F4N. The van der Waals surface area contributed by atoms with Crippen LogP contribution in [0.1, 0.15) is 24.5 Å². The smallest absolute Gasteiger partial charge is 0.293 e. The summed E-state index contributed by atoms with van der Waals surface area (Å²) in [5.74, 6) is 0. The Bertz CT molecular complexity index is 416. The average molecular weight is 261 g/mol. The third-order valence-electron chi connectivity index (χ3n) is 3.29. The lowest BCUT2D eigenvalue weighted by atomic mass is 10.1. The summed E-state index contributed by atoms with van der Waals surface area (Å²) in [4.78, 5) is 1.88. The van der Waals surface area contributed by atoms with Gasteiger partial charge in [-0.25, -0.2) is 4.39 Å². The Morgan fingerprint density at radius 2 is 2.06 bits per heavy atom. The molecule has 0 aromatic heterocycles. The van der Waals surface area contributed by atoms with Crippen molar-refractivity contribution in [2.75, 3.05) is 6.54 Å². The van der Waals surface area contributed by atoms with Gasteiger partial charge in [-0.15, -0.1) is 0 Å². The maximum absolute atomic E-state index is 13.2. The van der Waals surface area contributed by atoms with Crippen LogP contribution in [-0.2, 0) is 12.7 Å². The molecule has 1 aromatic carbocycles. The van der Waals surface area contributed by atoms with Crippen molar-refractivity contribution in [2.24, 2.45) is 0 Å². The van der Waals surface area contributed by atoms with E-state index in [4.69, 9.17) is 0 Å². The van der Waals surface area contributed by atoms with Gasteiger partial charge in [0.2, 0.25) is 0 Å². The molecule has 1 aromatic rings. The Hall–Kier alpha value is -1.10. The van der Waals surface area contributed by atoms with Crippen LogP contribution in [0.3, 0.4) is 0 Å². The summed E-state index contributed by atoms with van der Waals surface area (Å²) in [7, 11) is 0. The first kappa shape index (κ1) is 13.3. The molecule has 1 aliphatic rings. The van der Waals surface area contributed by atoms with E-state index in [9.17, 15) is 17.6 Å². The minimum Gasteiger partial charge on any atom is -0.293 e. The first-order chi connectivity index (χ1) is 8.36. The third kappa shape index (κ3) is 3.02. The topological polar surface area (TPSA) is 3.24 Å². The standard InChI is InChI=1S/C13H15F4N/c1-9-5-12(14)8-18(9)7-10-3-2-4-11(6-10)13(15,16)17/h2-4,6,9,12H,5,7-8H2,1H3. The molecule has 2 atom stereocenters. The summed E-state index contributed by atoms with van der Waals surface area (Å²) < 4.78 is 50.8. The van der Waals surface area contributed by atoms with Crippen LogP contribution in [0.15, 0.2) is 24.3 Å². The van der Waals surface area contributed by atoms with Gasteiger partial charge < -0.3 is 0 Å². The lowest BCUT2D eigenvalue weighted by molar-refractivity contribution is -0.137. The number of rotatable bonds is 2. The highest BCUT2D eigenvalue weighted by Crippen LogP contribution is 2.30. The zero-order valence-corrected chi connectivity index (χ0v) is 10.0. The second-order valence-electron chi connectivity index (χ2n) is 4.81. The fourth-order valence-electron chi connectivity index (χ4n) is 2.33. The molecule has 0 saturated carbocycles. The average Bonchev–Trinajstić information content (AvgIpc) is 2.56. The summed E-state index contributed by atoms with van der Waals surface area (Å²) in [6.45, 7) is 2.57. The Balaban J connectivity index is 2.10. The maximum atomic E-state index is 13.2. The molecule has 1 fully saturated rings. The molecule has 0 bridgehead atoms. The summed E-state index contributed by atoms with van der Waals surface area (Å²) >= 11 is 0. The first-order valence-corrected chi connectivity index (χ1v) is 5.90. The van der Waals surface area contributed by atoms with Gasteiger partial charge in [0.25, 0.3) is 0 Å². The monoisotopic (exact) mass is 261 g/mol. The third-order valence-corrected chi connectivity index (χ3v) is 3.29. The molecule has 0 N–H and O–H groups in total.